The SMILES string of the molecule is COc1ccc2oc(C(=O)Nc3nc(-c4ccc(C(C)NC(C)=O)cc4)cs3)c(C)c2c1. The molecule has 164 valence electrons. The molecule has 2 N–H and O–H groups in total. The first-order valence-corrected chi connectivity index (χ1v) is 10.9. The standard InChI is InChI=1S/C24H23N3O4S/c1-13-19-11-18(30-4)9-10-21(19)31-22(13)23(29)27-24-26-20(12-32-24)17-7-5-16(6-8-17)14(2)25-15(3)28/h5-12,14H,1-4H3,(H,25,28)(H,26,27,29). The zero-order chi connectivity index (χ0) is 22.8. The molecular formula is C24H23N3O4S. The Bertz CT molecular complexity index is 1290. The van der Waals surface area contributed by atoms with E-state index in [1.54, 1.807) is 19.2 Å². The van der Waals surface area contributed by atoms with Crippen molar-refractivity contribution in [2.24, 2.45) is 0 Å². The van der Waals surface area contributed by atoms with Crippen LogP contribution in [0.5, 0.6) is 5.75 Å². The number of benzene rings is 2. The average molecular weight is 450 g/mol. The van der Waals surface area contributed by atoms with Crippen molar-refractivity contribution < 1.29 is 18.7 Å². The van der Waals surface area contributed by atoms with Gasteiger partial charge in [0.1, 0.15) is 11.3 Å². The fourth-order valence-corrected chi connectivity index (χ4v) is 4.21. The summed E-state index contributed by atoms with van der Waals surface area (Å²) >= 11 is 1.34. The van der Waals surface area contributed by atoms with Gasteiger partial charge >= 0.3 is 0 Å². The monoisotopic (exact) mass is 449 g/mol. The van der Waals surface area contributed by atoms with Gasteiger partial charge in [-0.15, -0.1) is 11.3 Å². The number of ether oxygens (including phenoxy) is 1. The minimum Gasteiger partial charge on any atom is -0.497 e. The highest BCUT2D eigenvalue weighted by atomic mass is 32.1. The molecule has 0 bridgehead atoms. The van der Waals surface area contributed by atoms with E-state index >= 15 is 0 Å². The third-order valence-electron chi connectivity index (χ3n) is 5.20. The normalized spacial score (nSPS) is 11.9. The summed E-state index contributed by atoms with van der Waals surface area (Å²) in [6.45, 7) is 5.28. The highest BCUT2D eigenvalue weighted by molar-refractivity contribution is 7.14. The van der Waals surface area contributed by atoms with E-state index in [2.05, 4.69) is 15.6 Å². The Kier molecular flexibility index (Phi) is 5.96. The molecule has 2 heterocycles. The van der Waals surface area contributed by atoms with Crippen molar-refractivity contribution >= 4 is 39.3 Å². The number of aryl methyl sites for hydroxylation is 1. The molecule has 8 heteroatoms. The fourth-order valence-electron chi connectivity index (χ4n) is 3.49. The lowest BCUT2D eigenvalue weighted by Crippen LogP contribution is -2.23. The van der Waals surface area contributed by atoms with Gasteiger partial charge in [-0.25, -0.2) is 4.98 Å². The van der Waals surface area contributed by atoms with Crippen LogP contribution < -0.4 is 15.4 Å². The maximum Gasteiger partial charge on any atom is 0.293 e. The van der Waals surface area contributed by atoms with Crippen LogP contribution in [0.4, 0.5) is 5.13 Å². The third-order valence-corrected chi connectivity index (χ3v) is 5.96. The van der Waals surface area contributed by atoms with Crippen LogP contribution in [0.15, 0.2) is 52.3 Å². The number of furan rings is 1. The number of carbonyl (C=O) groups is 2. The van der Waals surface area contributed by atoms with E-state index in [1.807, 2.05) is 49.6 Å². The summed E-state index contributed by atoms with van der Waals surface area (Å²) < 4.78 is 11.0. The first kappa shape index (κ1) is 21.6. The number of hydrogen-bond acceptors (Lipinski definition) is 6. The molecule has 0 aliphatic rings. The Labute approximate surface area is 189 Å². The van der Waals surface area contributed by atoms with Gasteiger partial charge in [-0.1, -0.05) is 24.3 Å². The predicted molar refractivity (Wildman–Crippen MR) is 125 cm³/mol. The minimum absolute atomic E-state index is 0.0692. The molecule has 0 spiro atoms. The van der Waals surface area contributed by atoms with Crippen molar-refractivity contribution in [2.45, 2.75) is 26.8 Å². The first-order chi connectivity index (χ1) is 15.4. The van der Waals surface area contributed by atoms with Gasteiger partial charge < -0.3 is 14.5 Å². The van der Waals surface area contributed by atoms with Crippen LogP contribution in [0.3, 0.4) is 0 Å². The molecule has 4 aromatic rings. The number of aromatic nitrogens is 1. The van der Waals surface area contributed by atoms with Crippen molar-refractivity contribution in [3.63, 3.8) is 0 Å². The Balaban J connectivity index is 1.50. The number of thiazole rings is 1. The molecule has 0 saturated heterocycles. The lowest BCUT2D eigenvalue weighted by atomic mass is 10.1. The average Bonchev–Trinajstić information content (AvgIpc) is 3.37. The van der Waals surface area contributed by atoms with Crippen LogP contribution in [0.25, 0.3) is 22.2 Å². The van der Waals surface area contributed by atoms with E-state index in [-0.39, 0.29) is 23.6 Å². The molecular weight excluding hydrogens is 426 g/mol. The molecule has 2 aromatic carbocycles. The number of nitrogens with zero attached hydrogens (tertiary/aromatic N) is 1. The number of rotatable bonds is 6. The number of hydrogen-bond donors (Lipinski definition) is 2. The zero-order valence-electron chi connectivity index (χ0n) is 18.2. The van der Waals surface area contributed by atoms with E-state index in [1.165, 1.54) is 18.3 Å². The fraction of sp³-hybridized carbons (Fsp3) is 0.208. The molecule has 4 rings (SSSR count). The summed E-state index contributed by atoms with van der Waals surface area (Å²) in [5.74, 6) is 0.537. The Morgan fingerprint density at radius 3 is 2.59 bits per heavy atom. The van der Waals surface area contributed by atoms with E-state index < -0.39 is 0 Å². The second-order valence-electron chi connectivity index (χ2n) is 7.45. The third kappa shape index (κ3) is 4.36. The molecule has 1 unspecified atom stereocenters. The number of fused-ring (bicyclic) bond motifs is 1. The van der Waals surface area contributed by atoms with E-state index in [4.69, 9.17) is 9.15 Å². The molecule has 0 aliphatic heterocycles. The number of anilines is 1. The van der Waals surface area contributed by atoms with Crippen LogP contribution in [-0.4, -0.2) is 23.9 Å². The number of methoxy groups -OCH3 is 1. The maximum absolute atomic E-state index is 12.8. The van der Waals surface area contributed by atoms with E-state index in [0.29, 0.717) is 16.5 Å². The molecule has 0 aliphatic carbocycles. The Morgan fingerprint density at radius 1 is 1.16 bits per heavy atom. The van der Waals surface area contributed by atoms with Crippen molar-refractivity contribution in [1.29, 1.82) is 0 Å². The second-order valence-corrected chi connectivity index (χ2v) is 8.31. The van der Waals surface area contributed by atoms with Crippen LogP contribution in [0, 0.1) is 6.92 Å². The molecule has 0 fully saturated rings. The quantitative estimate of drug-likeness (QED) is 0.415. The summed E-state index contributed by atoms with van der Waals surface area (Å²) in [6, 6.07) is 13.2. The van der Waals surface area contributed by atoms with E-state index in [0.717, 1.165) is 27.8 Å². The maximum atomic E-state index is 12.8. The molecule has 1 atom stereocenters. The van der Waals surface area contributed by atoms with Crippen molar-refractivity contribution in [1.82, 2.24) is 10.3 Å². The van der Waals surface area contributed by atoms with Gasteiger partial charge in [0, 0.05) is 28.8 Å². The number of amides is 2. The lowest BCUT2D eigenvalue weighted by molar-refractivity contribution is -0.119. The molecule has 32 heavy (non-hydrogen) atoms. The first-order valence-electron chi connectivity index (χ1n) is 10.1. The summed E-state index contributed by atoms with van der Waals surface area (Å²) in [7, 11) is 1.60. The largest absolute Gasteiger partial charge is 0.497 e. The highest BCUT2D eigenvalue weighted by Gasteiger charge is 2.19. The number of nitrogens with one attached hydrogen (secondary N) is 2. The Morgan fingerprint density at radius 2 is 1.91 bits per heavy atom. The highest BCUT2D eigenvalue weighted by Crippen LogP contribution is 2.30. The molecule has 0 saturated carbocycles. The molecule has 2 aromatic heterocycles. The van der Waals surface area contributed by atoms with Crippen molar-refractivity contribution in [3.05, 3.63) is 64.7 Å². The molecule has 2 amide bonds. The summed E-state index contributed by atoms with van der Waals surface area (Å²) in [6.07, 6.45) is 0. The van der Waals surface area contributed by atoms with Gasteiger partial charge in [0.15, 0.2) is 10.9 Å². The minimum atomic E-state index is -0.349. The Hall–Kier alpha value is -3.65. The summed E-state index contributed by atoms with van der Waals surface area (Å²) in [5.41, 5.74) is 4.06. The number of carbonyl (C=O) groups excluding carboxylic acids is 2. The van der Waals surface area contributed by atoms with Crippen LogP contribution in [0.1, 0.15) is 41.6 Å². The van der Waals surface area contributed by atoms with Crippen LogP contribution in [0.2, 0.25) is 0 Å². The zero-order valence-corrected chi connectivity index (χ0v) is 19.0. The van der Waals surface area contributed by atoms with E-state index in [9.17, 15) is 9.59 Å². The second kappa shape index (κ2) is 8.84. The van der Waals surface area contributed by atoms with Gasteiger partial charge in [-0.05, 0) is 37.6 Å². The van der Waals surface area contributed by atoms with Gasteiger partial charge in [-0.3, -0.25) is 14.9 Å². The molecule has 0 radical (unpaired) electrons. The van der Waals surface area contributed by atoms with Crippen molar-refractivity contribution in [3.8, 4) is 17.0 Å². The summed E-state index contributed by atoms with van der Waals surface area (Å²) in [4.78, 5) is 28.6. The van der Waals surface area contributed by atoms with Gasteiger partial charge in [0.2, 0.25) is 5.91 Å². The van der Waals surface area contributed by atoms with Crippen LogP contribution in [-0.2, 0) is 4.79 Å². The van der Waals surface area contributed by atoms with Gasteiger partial charge in [0.25, 0.3) is 5.91 Å². The predicted octanol–water partition coefficient (Wildman–Crippen LogP) is 5.32. The van der Waals surface area contributed by atoms with Crippen molar-refractivity contribution in [2.75, 3.05) is 12.4 Å². The topological polar surface area (TPSA) is 93.5 Å². The van der Waals surface area contributed by atoms with Gasteiger partial charge in [0.05, 0.1) is 18.8 Å². The molecule has 7 nitrogen and oxygen atoms in total. The van der Waals surface area contributed by atoms with Crippen LogP contribution >= 0.6 is 11.3 Å². The van der Waals surface area contributed by atoms with Gasteiger partial charge in [-0.2, -0.15) is 0 Å². The smallest absolute Gasteiger partial charge is 0.293 e. The lowest BCUT2D eigenvalue weighted by Gasteiger charge is -2.12. The summed E-state index contributed by atoms with van der Waals surface area (Å²) in [5, 5.41) is 8.90.